The maximum Gasteiger partial charge on any atom is 0.131 e. The van der Waals surface area contributed by atoms with E-state index in [0.717, 1.165) is 30.3 Å². The largest absolute Gasteiger partial charge is 0.367 e. The van der Waals surface area contributed by atoms with Crippen LogP contribution in [0, 0.1) is 0 Å². The van der Waals surface area contributed by atoms with Gasteiger partial charge in [0, 0.05) is 31.6 Å². The van der Waals surface area contributed by atoms with E-state index in [1.165, 1.54) is 32.4 Å². The van der Waals surface area contributed by atoms with Crippen molar-refractivity contribution in [1.82, 2.24) is 14.9 Å². The maximum absolute atomic E-state index is 6.15. The quantitative estimate of drug-likeness (QED) is 0.804. The summed E-state index contributed by atoms with van der Waals surface area (Å²) in [7, 11) is 0. The van der Waals surface area contributed by atoms with Gasteiger partial charge in [0.15, 0.2) is 0 Å². The zero-order chi connectivity index (χ0) is 14.8. The molecule has 3 rings (SSSR count). The predicted molar refractivity (Wildman–Crippen MR) is 87.1 cm³/mol. The van der Waals surface area contributed by atoms with Crippen LogP contribution in [0.2, 0.25) is 0 Å². The van der Waals surface area contributed by atoms with Crippen LogP contribution in [-0.4, -0.2) is 47.1 Å². The van der Waals surface area contributed by atoms with Crippen molar-refractivity contribution in [1.29, 1.82) is 0 Å². The van der Waals surface area contributed by atoms with Gasteiger partial charge in [-0.3, -0.25) is 4.90 Å². The molecule has 1 atom stereocenters. The second kappa shape index (κ2) is 6.49. The van der Waals surface area contributed by atoms with Crippen LogP contribution in [0.3, 0.4) is 0 Å². The highest BCUT2D eigenvalue weighted by molar-refractivity contribution is 6.17. The van der Waals surface area contributed by atoms with Crippen LogP contribution in [-0.2, 0) is 5.88 Å². The summed E-state index contributed by atoms with van der Waals surface area (Å²) in [6, 6.07) is 0.695. The first kappa shape index (κ1) is 15.0. The van der Waals surface area contributed by atoms with E-state index in [1.54, 1.807) is 0 Å². The zero-order valence-corrected chi connectivity index (χ0v) is 13.8. The molecule has 0 N–H and O–H groups in total. The van der Waals surface area contributed by atoms with Crippen molar-refractivity contribution in [2.45, 2.75) is 50.9 Å². The van der Waals surface area contributed by atoms with Gasteiger partial charge in [-0.05, 0) is 25.8 Å². The zero-order valence-electron chi connectivity index (χ0n) is 13.1. The molecule has 0 radical (unpaired) electrons. The van der Waals surface area contributed by atoms with Crippen LogP contribution in [0.15, 0.2) is 6.20 Å². The Kier molecular flexibility index (Phi) is 4.65. The molecule has 0 amide bonds. The van der Waals surface area contributed by atoms with Crippen molar-refractivity contribution in [2.24, 2.45) is 0 Å². The Balaban J connectivity index is 1.84. The van der Waals surface area contributed by atoms with Crippen LogP contribution < -0.4 is 4.90 Å². The van der Waals surface area contributed by atoms with Gasteiger partial charge in [-0.25, -0.2) is 9.97 Å². The summed E-state index contributed by atoms with van der Waals surface area (Å²) in [5, 5.41) is 0. The molecule has 1 aromatic heterocycles. The SMILES string of the molecule is CC(C)c1ncc(N2CCCN3CCCC3C2)c(CCl)n1. The van der Waals surface area contributed by atoms with Crippen molar-refractivity contribution in [3.8, 4) is 0 Å². The molecule has 5 heteroatoms. The van der Waals surface area contributed by atoms with Gasteiger partial charge in [0.1, 0.15) is 5.82 Å². The molecular weight excluding hydrogens is 284 g/mol. The van der Waals surface area contributed by atoms with E-state index in [1.807, 2.05) is 6.20 Å². The topological polar surface area (TPSA) is 32.3 Å². The summed E-state index contributed by atoms with van der Waals surface area (Å²) >= 11 is 6.15. The second-order valence-corrected chi connectivity index (χ2v) is 6.75. The third-order valence-corrected chi connectivity index (χ3v) is 4.90. The van der Waals surface area contributed by atoms with E-state index >= 15 is 0 Å². The number of fused-ring (bicyclic) bond motifs is 1. The number of hydrogen-bond acceptors (Lipinski definition) is 4. The number of aromatic nitrogens is 2. The van der Waals surface area contributed by atoms with E-state index < -0.39 is 0 Å². The Bertz CT molecular complexity index is 491. The molecule has 116 valence electrons. The summed E-state index contributed by atoms with van der Waals surface area (Å²) in [5.41, 5.74) is 2.13. The van der Waals surface area contributed by atoms with E-state index in [-0.39, 0.29) is 0 Å². The van der Waals surface area contributed by atoms with Crippen molar-refractivity contribution in [3.63, 3.8) is 0 Å². The molecule has 21 heavy (non-hydrogen) atoms. The average Bonchev–Trinajstić information content (AvgIpc) is 2.83. The van der Waals surface area contributed by atoms with Crippen LogP contribution in [0.4, 0.5) is 5.69 Å². The van der Waals surface area contributed by atoms with E-state index in [4.69, 9.17) is 11.6 Å². The first-order chi connectivity index (χ1) is 10.2. The number of rotatable bonds is 3. The molecule has 3 heterocycles. The first-order valence-corrected chi connectivity index (χ1v) is 8.63. The molecule has 2 fully saturated rings. The highest BCUT2D eigenvalue weighted by Gasteiger charge is 2.29. The molecule has 2 aliphatic rings. The fourth-order valence-electron chi connectivity index (χ4n) is 3.49. The Morgan fingerprint density at radius 2 is 2.10 bits per heavy atom. The van der Waals surface area contributed by atoms with Gasteiger partial charge in [0.25, 0.3) is 0 Å². The van der Waals surface area contributed by atoms with Gasteiger partial charge >= 0.3 is 0 Å². The minimum Gasteiger partial charge on any atom is -0.367 e. The maximum atomic E-state index is 6.15. The predicted octanol–water partition coefficient (Wildman–Crippen LogP) is 3.01. The molecule has 0 saturated carbocycles. The Morgan fingerprint density at radius 3 is 2.86 bits per heavy atom. The highest BCUT2D eigenvalue weighted by atomic mass is 35.5. The van der Waals surface area contributed by atoms with E-state index in [0.29, 0.717) is 17.8 Å². The summed E-state index contributed by atoms with van der Waals surface area (Å²) in [6.07, 6.45) is 5.86. The molecule has 0 aliphatic carbocycles. The van der Waals surface area contributed by atoms with Gasteiger partial charge in [0.05, 0.1) is 23.5 Å². The van der Waals surface area contributed by atoms with Crippen molar-refractivity contribution >= 4 is 17.3 Å². The second-order valence-electron chi connectivity index (χ2n) is 6.48. The molecule has 0 spiro atoms. The van der Waals surface area contributed by atoms with Crippen LogP contribution in [0.25, 0.3) is 0 Å². The lowest BCUT2D eigenvalue weighted by atomic mass is 10.2. The van der Waals surface area contributed by atoms with Crippen molar-refractivity contribution < 1.29 is 0 Å². The minimum absolute atomic E-state index is 0.343. The monoisotopic (exact) mass is 308 g/mol. The Hall–Kier alpha value is -0.870. The third-order valence-electron chi connectivity index (χ3n) is 4.65. The van der Waals surface area contributed by atoms with Gasteiger partial charge in [0.2, 0.25) is 0 Å². The first-order valence-electron chi connectivity index (χ1n) is 8.10. The van der Waals surface area contributed by atoms with Gasteiger partial charge in [-0.15, -0.1) is 11.6 Å². The average molecular weight is 309 g/mol. The standard InChI is InChI=1S/C16H25ClN4/c1-12(2)16-18-10-15(14(9-17)19-16)21-8-4-7-20-6-3-5-13(20)11-21/h10,12-13H,3-9,11H2,1-2H3. The smallest absolute Gasteiger partial charge is 0.131 e. The summed E-state index contributed by atoms with van der Waals surface area (Å²) < 4.78 is 0. The molecule has 2 aliphatic heterocycles. The number of anilines is 1. The van der Waals surface area contributed by atoms with Crippen LogP contribution in [0.5, 0.6) is 0 Å². The van der Waals surface area contributed by atoms with Crippen LogP contribution >= 0.6 is 11.6 Å². The Labute approximate surface area is 132 Å². The summed E-state index contributed by atoms with van der Waals surface area (Å²) in [5.74, 6) is 1.70. The Morgan fingerprint density at radius 1 is 1.29 bits per heavy atom. The normalized spacial score (nSPS) is 23.4. The summed E-state index contributed by atoms with van der Waals surface area (Å²) in [4.78, 5) is 14.3. The fraction of sp³-hybridized carbons (Fsp3) is 0.750. The molecule has 1 aromatic rings. The third kappa shape index (κ3) is 3.16. The number of hydrogen-bond donors (Lipinski definition) is 0. The fourth-order valence-corrected chi connectivity index (χ4v) is 3.69. The molecule has 2 saturated heterocycles. The summed E-state index contributed by atoms with van der Waals surface area (Å²) in [6.45, 7) is 8.91. The molecule has 0 aromatic carbocycles. The van der Waals surface area contributed by atoms with Gasteiger partial charge in [-0.1, -0.05) is 13.8 Å². The van der Waals surface area contributed by atoms with Crippen LogP contribution in [0.1, 0.15) is 50.5 Å². The number of halogens is 1. The lowest BCUT2D eigenvalue weighted by molar-refractivity contribution is 0.273. The molecule has 4 nitrogen and oxygen atoms in total. The number of alkyl halides is 1. The molecule has 1 unspecified atom stereocenters. The molecule has 0 bridgehead atoms. The van der Waals surface area contributed by atoms with E-state index in [9.17, 15) is 0 Å². The van der Waals surface area contributed by atoms with E-state index in [2.05, 4.69) is 33.6 Å². The molecular formula is C16H25ClN4. The minimum atomic E-state index is 0.343. The highest BCUT2D eigenvalue weighted by Crippen LogP contribution is 2.27. The lowest BCUT2D eigenvalue weighted by Gasteiger charge is -2.28. The van der Waals surface area contributed by atoms with Gasteiger partial charge in [-0.2, -0.15) is 0 Å². The lowest BCUT2D eigenvalue weighted by Crippen LogP contribution is -2.37. The number of nitrogens with zero attached hydrogens (tertiary/aromatic N) is 4. The van der Waals surface area contributed by atoms with Crippen molar-refractivity contribution in [2.75, 3.05) is 31.1 Å². The van der Waals surface area contributed by atoms with Gasteiger partial charge < -0.3 is 4.90 Å². The van der Waals surface area contributed by atoms with Crippen molar-refractivity contribution in [3.05, 3.63) is 17.7 Å².